The number of piperidine rings is 1. The van der Waals surface area contributed by atoms with Crippen LogP contribution in [0.15, 0.2) is 0 Å². The molecule has 1 heteroatoms. The van der Waals surface area contributed by atoms with E-state index in [-0.39, 0.29) is 0 Å². The molecule has 0 amide bonds. The van der Waals surface area contributed by atoms with Gasteiger partial charge in [0.1, 0.15) is 0 Å². The van der Waals surface area contributed by atoms with Crippen LogP contribution in [-0.4, -0.2) is 23.0 Å². The van der Waals surface area contributed by atoms with E-state index in [1.807, 2.05) is 0 Å². The van der Waals surface area contributed by atoms with Gasteiger partial charge in [-0.05, 0) is 31.6 Å². The topological polar surface area (TPSA) is 3.01 Å². The van der Waals surface area contributed by atoms with E-state index in [4.69, 9.17) is 0 Å². The second kappa shape index (κ2) is 3.61. The lowest BCUT2D eigenvalue weighted by molar-refractivity contribution is 0.203. The van der Waals surface area contributed by atoms with Crippen LogP contribution in [0.5, 0.6) is 0 Å². The van der Waals surface area contributed by atoms with Crippen LogP contribution in [0.1, 0.15) is 52.9 Å². The molecule has 0 radical (unpaired) electrons. The van der Waals surface area contributed by atoms with Gasteiger partial charge < -0.3 is 0 Å². The Morgan fingerprint density at radius 2 is 1.92 bits per heavy atom. The van der Waals surface area contributed by atoms with Crippen molar-refractivity contribution in [2.45, 2.75) is 71.0 Å². The molecule has 5 atom stereocenters. The van der Waals surface area contributed by atoms with Crippen LogP contribution in [0.25, 0.3) is 0 Å². The molecule has 76 valence electrons. The van der Waals surface area contributed by atoms with Crippen LogP contribution < -0.4 is 0 Å². The van der Waals surface area contributed by atoms with Crippen molar-refractivity contribution in [2.75, 3.05) is 0 Å². The van der Waals surface area contributed by atoms with Gasteiger partial charge in [0.05, 0.1) is 0 Å². The Bertz CT molecular complexity index is 178. The van der Waals surface area contributed by atoms with E-state index >= 15 is 0 Å². The Kier molecular flexibility index (Phi) is 2.64. The average Bonchev–Trinajstić information content (AvgIpc) is 2.80. The molecule has 2 aliphatic rings. The van der Waals surface area contributed by atoms with Gasteiger partial charge in [0.15, 0.2) is 0 Å². The summed E-state index contributed by atoms with van der Waals surface area (Å²) in [7, 11) is 0. The van der Waals surface area contributed by atoms with Crippen molar-refractivity contribution in [3.8, 4) is 0 Å². The third-order valence-electron chi connectivity index (χ3n) is 4.08. The van der Waals surface area contributed by atoms with Crippen LogP contribution in [0.4, 0.5) is 0 Å². The molecule has 0 spiro atoms. The quantitative estimate of drug-likeness (QED) is 0.605. The van der Waals surface area contributed by atoms with Crippen molar-refractivity contribution in [3.63, 3.8) is 0 Å². The maximum Gasteiger partial charge on any atom is 0.0258 e. The molecule has 5 unspecified atom stereocenters. The van der Waals surface area contributed by atoms with Gasteiger partial charge in [-0.2, -0.15) is 0 Å². The van der Waals surface area contributed by atoms with E-state index in [1.54, 1.807) is 0 Å². The number of rotatable bonds is 3. The van der Waals surface area contributed by atoms with Crippen molar-refractivity contribution in [1.82, 2.24) is 4.90 Å². The Morgan fingerprint density at radius 3 is 2.54 bits per heavy atom. The summed E-state index contributed by atoms with van der Waals surface area (Å²) in [5, 5.41) is 0. The van der Waals surface area contributed by atoms with Crippen LogP contribution in [0.2, 0.25) is 0 Å². The highest BCUT2D eigenvalue weighted by atomic mass is 15.4. The Labute approximate surface area is 82.5 Å². The van der Waals surface area contributed by atoms with E-state index in [2.05, 4.69) is 25.7 Å². The molecule has 0 aliphatic carbocycles. The largest absolute Gasteiger partial charge is 0.291 e. The summed E-state index contributed by atoms with van der Waals surface area (Å²) in [6.07, 6.45) is 7.11. The minimum Gasteiger partial charge on any atom is -0.291 e. The third-order valence-corrected chi connectivity index (χ3v) is 4.08. The minimum absolute atomic E-state index is 0.912. The Hall–Kier alpha value is -0.0400. The molecular weight excluding hydrogens is 158 g/mol. The van der Waals surface area contributed by atoms with E-state index in [1.165, 1.54) is 32.1 Å². The summed E-state index contributed by atoms with van der Waals surface area (Å²) in [6, 6.07) is 2.87. The van der Waals surface area contributed by atoms with Crippen molar-refractivity contribution in [1.29, 1.82) is 0 Å². The summed E-state index contributed by atoms with van der Waals surface area (Å²) in [4.78, 5) is 2.80. The third kappa shape index (κ3) is 1.52. The smallest absolute Gasteiger partial charge is 0.0258 e. The molecule has 0 aromatic rings. The van der Waals surface area contributed by atoms with Crippen molar-refractivity contribution >= 4 is 0 Å². The minimum atomic E-state index is 0.912. The van der Waals surface area contributed by atoms with Crippen LogP contribution in [-0.2, 0) is 0 Å². The standard InChI is InChI=1S/C12H23N/c1-4-6-11-12-8-7-9(3)10(5-2)13(11)12/h9-12H,4-8H2,1-3H3. The number of hydrogen-bond acceptors (Lipinski definition) is 1. The summed E-state index contributed by atoms with van der Waals surface area (Å²) in [6.45, 7) is 7.10. The highest BCUT2D eigenvalue weighted by Gasteiger charge is 2.53. The van der Waals surface area contributed by atoms with Gasteiger partial charge in [-0.3, -0.25) is 4.90 Å². The lowest BCUT2D eigenvalue weighted by Crippen LogP contribution is -2.32. The first-order valence-corrected chi connectivity index (χ1v) is 6.07. The first-order chi connectivity index (χ1) is 6.29. The first-order valence-electron chi connectivity index (χ1n) is 6.07. The summed E-state index contributed by atoms with van der Waals surface area (Å²) < 4.78 is 0. The van der Waals surface area contributed by atoms with Crippen molar-refractivity contribution < 1.29 is 0 Å². The highest BCUT2D eigenvalue weighted by Crippen LogP contribution is 2.45. The zero-order valence-electron chi connectivity index (χ0n) is 9.29. The molecule has 0 bridgehead atoms. The van der Waals surface area contributed by atoms with Gasteiger partial charge in [-0.1, -0.05) is 27.2 Å². The Morgan fingerprint density at radius 1 is 1.15 bits per heavy atom. The fourth-order valence-electron chi connectivity index (χ4n) is 3.36. The average molecular weight is 181 g/mol. The van der Waals surface area contributed by atoms with Gasteiger partial charge in [-0.15, -0.1) is 0 Å². The fourth-order valence-corrected chi connectivity index (χ4v) is 3.36. The Balaban J connectivity index is 1.95. The van der Waals surface area contributed by atoms with Gasteiger partial charge in [0, 0.05) is 18.1 Å². The number of nitrogens with zero attached hydrogens (tertiary/aromatic N) is 1. The van der Waals surface area contributed by atoms with Gasteiger partial charge >= 0.3 is 0 Å². The normalized spacial score (nSPS) is 48.7. The zero-order chi connectivity index (χ0) is 9.42. The van der Waals surface area contributed by atoms with Crippen LogP contribution in [0, 0.1) is 5.92 Å². The van der Waals surface area contributed by atoms with Gasteiger partial charge in [0.2, 0.25) is 0 Å². The summed E-state index contributed by atoms with van der Waals surface area (Å²) in [5.41, 5.74) is 0. The van der Waals surface area contributed by atoms with E-state index < -0.39 is 0 Å². The molecule has 2 heterocycles. The molecule has 0 N–H and O–H groups in total. The maximum atomic E-state index is 2.80. The molecule has 0 aromatic heterocycles. The van der Waals surface area contributed by atoms with Gasteiger partial charge in [-0.25, -0.2) is 0 Å². The zero-order valence-corrected chi connectivity index (χ0v) is 9.29. The molecule has 2 rings (SSSR count). The second-order valence-electron chi connectivity index (χ2n) is 4.90. The first kappa shape index (κ1) is 9.51. The van der Waals surface area contributed by atoms with Gasteiger partial charge in [0.25, 0.3) is 0 Å². The summed E-state index contributed by atoms with van der Waals surface area (Å²) in [5.74, 6) is 0.947. The van der Waals surface area contributed by atoms with E-state index in [0.717, 1.165) is 24.0 Å². The SMILES string of the molecule is CCCC1C2CCC(C)C(CC)N12. The van der Waals surface area contributed by atoms with Crippen LogP contribution >= 0.6 is 0 Å². The number of fused-ring (bicyclic) bond motifs is 1. The molecule has 0 saturated carbocycles. The summed E-state index contributed by atoms with van der Waals surface area (Å²) >= 11 is 0. The maximum absolute atomic E-state index is 2.80. The second-order valence-corrected chi connectivity index (χ2v) is 4.90. The predicted octanol–water partition coefficient (Wildman–Crippen LogP) is 3.05. The van der Waals surface area contributed by atoms with E-state index in [9.17, 15) is 0 Å². The molecule has 1 nitrogen and oxygen atoms in total. The monoisotopic (exact) mass is 181 g/mol. The lowest BCUT2D eigenvalue weighted by atomic mass is 9.91. The van der Waals surface area contributed by atoms with E-state index in [0.29, 0.717) is 0 Å². The van der Waals surface area contributed by atoms with Crippen molar-refractivity contribution in [2.24, 2.45) is 5.92 Å². The van der Waals surface area contributed by atoms with Crippen molar-refractivity contribution in [3.05, 3.63) is 0 Å². The molecule has 2 fully saturated rings. The molecule has 2 aliphatic heterocycles. The molecule has 13 heavy (non-hydrogen) atoms. The molecule has 0 aromatic carbocycles. The highest BCUT2D eigenvalue weighted by molar-refractivity contribution is 5.08. The fraction of sp³-hybridized carbons (Fsp3) is 1.00. The molecular formula is C12H23N. The predicted molar refractivity (Wildman–Crippen MR) is 56.8 cm³/mol. The number of hydrogen-bond donors (Lipinski definition) is 0. The lowest BCUT2D eigenvalue weighted by Gasteiger charge is -2.29. The van der Waals surface area contributed by atoms with Crippen LogP contribution in [0.3, 0.4) is 0 Å². The molecule has 2 saturated heterocycles.